The number of hydrogen-bond acceptors (Lipinski definition) is 2. The molecule has 0 aliphatic heterocycles. The second-order valence-electron chi connectivity index (χ2n) is 7.57. The van der Waals surface area contributed by atoms with Crippen molar-refractivity contribution in [2.24, 2.45) is 0 Å². The number of fused-ring (bicyclic) bond motifs is 1. The van der Waals surface area contributed by atoms with Gasteiger partial charge in [-0.3, -0.25) is 0 Å². The molecular weight excluding hydrogens is 427 g/mol. The lowest BCUT2D eigenvalue weighted by Crippen LogP contribution is -2.06. The van der Waals surface area contributed by atoms with Gasteiger partial charge >= 0.3 is 0 Å². The molecule has 31 heavy (non-hydrogen) atoms. The Bertz CT molecular complexity index is 1200. The van der Waals surface area contributed by atoms with Gasteiger partial charge in [-0.1, -0.05) is 53.5 Å². The number of halogens is 2. The predicted octanol–water partition coefficient (Wildman–Crippen LogP) is 7.60. The van der Waals surface area contributed by atoms with E-state index < -0.39 is 0 Å². The Labute approximate surface area is 192 Å². The molecule has 0 aliphatic carbocycles. The molecule has 158 valence electrons. The van der Waals surface area contributed by atoms with Crippen molar-refractivity contribution in [2.75, 3.05) is 6.61 Å². The van der Waals surface area contributed by atoms with Crippen molar-refractivity contribution in [1.29, 1.82) is 0 Å². The fourth-order valence-corrected chi connectivity index (χ4v) is 3.84. The second-order valence-corrected chi connectivity index (χ2v) is 8.38. The third-order valence-electron chi connectivity index (χ3n) is 5.18. The van der Waals surface area contributed by atoms with Gasteiger partial charge in [0.2, 0.25) is 0 Å². The van der Waals surface area contributed by atoms with E-state index in [0.29, 0.717) is 6.61 Å². The van der Waals surface area contributed by atoms with Crippen LogP contribution in [0.2, 0.25) is 10.0 Å². The standard InChI is InChI=1S/C26H24Cl2N2O/c1-18-16-22(17-19(2)26(18)28)31-15-5-14-30-24-7-4-3-6-23(24)29-25(30)13-10-20-8-11-21(27)12-9-20/h3-4,6-13,16-17H,5,14-15H2,1-2H3/b13-10+. The number of para-hydroxylation sites is 2. The van der Waals surface area contributed by atoms with E-state index in [4.69, 9.17) is 32.9 Å². The Morgan fingerprint density at radius 1 is 0.935 bits per heavy atom. The molecule has 1 heterocycles. The lowest BCUT2D eigenvalue weighted by molar-refractivity contribution is 0.302. The zero-order valence-electron chi connectivity index (χ0n) is 17.6. The normalized spacial score (nSPS) is 11.5. The summed E-state index contributed by atoms with van der Waals surface area (Å²) in [6, 6.07) is 20.0. The zero-order valence-corrected chi connectivity index (χ0v) is 19.1. The van der Waals surface area contributed by atoms with E-state index in [0.717, 1.165) is 62.3 Å². The monoisotopic (exact) mass is 450 g/mol. The first-order valence-corrected chi connectivity index (χ1v) is 11.1. The number of aromatic nitrogens is 2. The molecule has 0 spiro atoms. The van der Waals surface area contributed by atoms with E-state index in [-0.39, 0.29) is 0 Å². The summed E-state index contributed by atoms with van der Waals surface area (Å²) < 4.78 is 8.23. The topological polar surface area (TPSA) is 27.1 Å². The number of benzene rings is 3. The molecule has 3 nitrogen and oxygen atoms in total. The Morgan fingerprint density at radius 2 is 1.65 bits per heavy atom. The van der Waals surface area contributed by atoms with Gasteiger partial charge in [-0.2, -0.15) is 0 Å². The van der Waals surface area contributed by atoms with E-state index >= 15 is 0 Å². The van der Waals surface area contributed by atoms with Crippen LogP contribution in [-0.2, 0) is 6.54 Å². The molecule has 3 aromatic carbocycles. The molecule has 0 unspecified atom stereocenters. The van der Waals surface area contributed by atoms with Crippen LogP contribution in [0.3, 0.4) is 0 Å². The molecule has 0 saturated carbocycles. The summed E-state index contributed by atoms with van der Waals surface area (Å²) in [6.07, 6.45) is 4.97. The van der Waals surface area contributed by atoms with Gasteiger partial charge < -0.3 is 9.30 Å². The van der Waals surface area contributed by atoms with Crippen LogP contribution in [0.15, 0.2) is 60.7 Å². The van der Waals surface area contributed by atoms with Crippen LogP contribution in [0.25, 0.3) is 23.2 Å². The molecule has 4 rings (SSSR count). The molecule has 0 bridgehead atoms. The van der Waals surface area contributed by atoms with E-state index in [1.165, 1.54) is 0 Å². The molecule has 5 heteroatoms. The van der Waals surface area contributed by atoms with Gasteiger partial charge in [0.05, 0.1) is 17.6 Å². The fourth-order valence-electron chi connectivity index (χ4n) is 3.60. The summed E-state index contributed by atoms with van der Waals surface area (Å²) in [5.74, 6) is 1.78. The Morgan fingerprint density at radius 3 is 2.39 bits per heavy atom. The number of ether oxygens (including phenoxy) is 1. The maximum Gasteiger partial charge on any atom is 0.133 e. The first-order valence-electron chi connectivity index (χ1n) is 10.3. The minimum atomic E-state index is 0.618. The fraction of sp³-hybridized carbons (Fsp3) is 0.192. The van der Waals surface area contributed by atoms with Crippen LogP contribution in [0.5, 0.6) is 5.75 Å². The maximum atomic E-state index is 6.25. The van der Waals surface area contributed by atoms with Gasteiger partial charge in [-0.25, -0.2) is 4.98 Å². The van der Waals surface area contributed by atoms with Crippen molar-refractivity contribution in [3.63, 3.8) is 0 Å². The molecule has 0 saturated heterocycles. The Kier molecular flexibility index (Phi) is 6.64. The van der Waals surface area contributed by atoms with Gasteiger partial charge in [0.15, 0.2) is 0 Å². The highest BCUT2D eigenvalue weighted by atomic mass is 35.5. The van der Waals surface area contributed by atoms with Gasteiger partial charge in [0.1, 0.15) is 11.6 Å². The molecule has 0 atom stereocenters. The summed E-state index contributed by atoms with van der Waals surface area (Å²) in [7, 11) is 0. The van der Waals surface area contributed by atoms with Crippen LogP contribution < -0.4 is 4.74 Å². The highest BCUT2D eigenvalue weighted by Crippen LogP contribution is 2.26. The average molecular weight is 451 g/mol. The molecule has 0 amide bonds. The highest BCUT2D eigenvalue weighted by molar-refractivity contribution is 6.32. The number of rotatable bonds is 7. The van der Waals surface area contributed by atoms with Crippen LogP contribution >= 0.6 is 23.2 Å². The maximum absolute atomic E-state index is 6.25. The minimum absolute atomic E-state index is 0.618. The molecule has 0 aliphatic rings. The van der Waals surface area contributed by atoms with Crippen molar-refractivity contribution in [3.8, 4) is 5.75 Å². The minimum Gasteiger partial charge on any atom is -0.494 e. The van der Waals surface area contributed by atoms with E-state index in [1.807, 2.05) is 68.4 Å². The molecule has 0 radical (unpaired) electrons. The summed E-state index contributed by atoms with van der Waals surface area (Å²) in [4.78, 5) is 4.81. The number of imidazole rings is 1. The van der Waals surface area contributed by atoms with Crippen LogP contribution in [-0.4, -0.2) is 16.2 Å². The van der Waals surface area contributed by atoms with Crippen molar-refractivity contribution in [3.05, 3.63) is 93.2 Å². The quantitative estimate of drug-likeness (QED) is 0.271. The summed E-state index contributed by atoms with van der Waals surface area (Å²) >= 11 is 12.2. The third-order valence-corrected chi connectivity index (χ3v) is 6.03. The Balaban J connectivity index is 1.48. The van der Waals surface area contributed by atoms with Crippen LogP contribution in [0.4, 0.5) is 0 Å². The first kappa shape index (κ1) is 21.5. The van der Waals surface area contributed by atoms with Crippen LogP contribution in [0, 0.1) is 13.8 Å². The van der Waals surface area contributed by atoms with Gasteiger partial charge in [0.25, 0.3) is 0 Å². The number of aryl methyl sites for hydroxylation is 3. The van der Waals surface area contributed by atoms with E-state index in [2.05, 4.69) is 22.8 Å². The van der Waals surface area contributed by atoms with E-state index in [9.17, 15) is 0 Å². The lowest BCUT2D eigenvalue weighted by Gasteiger charge is -2.11. The summed E-state index contributed by atoms with van der Waals surface area (Å²) in [5, 5.41) is 1.53. The third kappa shape index (κ3) is 5.12. The van der Waals surface area contributed by atoms with Crippen LogP contribution in [0.1, 0.15) is 28.9 Å². The highest BCUT2D eigenvalue weighted by Gasteiger charge is 2.09. The van der Waals surface area contributed by atoms with Gasteiger partial charge in [0, 0.05) is 16.6 Å². The zero-order chi connectivity index (χ0) is 21.8. The van der Waals surface area contributed by atoms with Gasteiger partial charge in [-0.05, 0) is 79.4 Å². The van der Waals surface area contributed by atoms with E-state index in [1.54, 1.807) is 0 Å². The SMILES string of the molecule is Cc1cc(OCCCn2c(/C=C/c3ccc(Cl)cc3)nc3ccccc32)cc(C)c1Cl. The van der Waals surface area contributed by atoms with Crippen molar-refractivity contribution in [2.45, 2.75) is 26.8 Å². The molecular formula is C26H24Cl2N2O. The van der Waals surface area contributed by atoms with Crippen molar-refractivity contribution >= 4 is 46.4 Å². The average Bonchev–Trinajstić information content (AvgIpc) is 3.12. The second kappa shape index (κ2) is 9.59. The molecule has 0 fully saturated rings. The lowest BCUT2D eigenvalue weighted by atomic mass is 10.1. The number of hydrogen-bond donors (Lipinski definition) is 0. The van der Waals surface area contributed by atoms with Crippen molar-refractivity contribution in [1.82, 2.24) is 9.55 Å². The summed E-state index contributed by atoms with van der Waals surface area (Å²) in [5.41, 5.74) is 5.26. The largest absolute Gasteiger partial charge is 0.494 e. The molecule has 0 N–H and O–H groups in total. The van der Waals surface area contributed by atoms with Gasteiger partial charge in [-0.15, -0.1) is 0 Å². The molecule has 1 aromatic heterocycles. The summed E-state index contributed by atoms with van der Waals surface area (Å²) in [6.45, 7) is 5.43. The predicted molar refractivity (Wildman–Crippen MR) is 131 cm³/mol. The Hall–Kier alpha value is -2.75. The number of nitrogens with zero attached hydrogens (tertiary/aromatic N) is 2. The molecule has 4 aromatic rings. The van der Waals surface area contributed by atoms with Crippen molar-refractivity contribution < 1.29 is 4.74 Å². The first-order chi connectivity index (χ1) is 15.0. The smallest absolute Gasteiger partial charge is 0.133 e.